The van der Waals surface area contributed by atoms with Crippen molar-refractivity contribution in [1.29, 1.82) is 0 Å². The average Bonchev–Trinajstić information content (AvgIpc) is 2.99. The lowest BCUT2D eigenvalue weighted by molar-refractivity contribution is -0.141. The maximum atomic E-state index is 12.7. The molecule has 0 saturated heterocycles. The van der Waals surface area contributed by atoms with Gasteiger partial charge in [0.15, 0.2) is 5.78 Å². The molecule has 5 N–H and O–H groups in total. The van der Waals surface area contributed by atoms with Gasteiger partial charge in [-0.3, -0.25) is 28.9 Å². The molecule has 30 heavy (non-hydrogen) atoms. The zero-order chi connectivity index (χ0) is 22.8. The first-order chi connectivity index (χ1) is 14.1. The van der Waals surface area contributed by atoms with Crippen LogP contribution in [-0.2, 0) is 24.0 Å². The zero-order valence-electron chi connectivity index (χ0n) is 17.4. The predicted octanol–water partition coefficient (Wildman–Crippen LogP) is -1.04. The van der Waals surface area contributed by atoms with E-state index in [0.717, 1.165) is 17.1 Å². The van der Waals surface area contributed by atoms with Gasteiger partial charge in [0.25, 0.3) is 11.8 Å². The van der Waals surface area contributed by atoms with Crippen LogP contribution in [0.5, 0.6) is 0 Å². The minimum absolute atomic E-state index is 0.185. The van der Waals surface area contributed by atoms with Crippen molar-refractivity contribution in [3.63, 3.8) is 0 Å². The molecule has 11 nitrogen and oxygen atoms in total. The van der Waals surface area contributed by atoms with Crippen LogP contribution in [0, 0.1) is 5.92 Å². The Morgan fingerprint density at radius 2 is 1.67 bits per heavy atom. The van der Waals surface area contributed by atoms with Crippen LogP contribution in [0.25, 0.3) is 0 Å². The molecule has 1 heterocycles. The maximum absolute atomic E-state index is 12.7. The molecule has 0 radical (unpaired) electrons. The smallest absolute Gasteiger partial charge is 0.312 e. The molecular formula is C19H29N5O6. The minimum Gasteiger partial charge on any atom is -0.352 e. The van der Waals surface area contributed by atoms with Gasteiger partial charge in [-0.25, -0.2) is 4.79 Å². The maximum Gasteiger partial charge on any atom is 0.312 e. The van der Waals surface area contributed by atoms with E-state index in [9.17, 15) is 28.8 Å². The topological polar surface area (TPSA) is 168 Å². The van der Waals surface area contributed by atoms with Crippen LogP contribution in [0.2, 0.25) is 0 Å². The number of nitrogens with zero attached hydrogens (tertiary/aromatic N) is 1. The van der Waals surface area contributed by atoms with Crippen molar-refractivity contribution in [2.24, 2.45) is 11.7 Å². The van der Waals surface area contributed by atoms with Crippen LogP contribution in [0.3, 0.4) is 0 Å². The second-order valence-corrected chi connectivity index (χ2v) is 7.20. The molecule has 0 fully saturated rings. The number of urea groups is 1. The summed E-state index contributed by atoms with van der Waals surface area (Å²) in [5, 5.41) is 7.58. The van der Waals surface area contributed by atoms with Gasteiger partial charge in [-0.1, -0.05) is 20.8 Å². The van der Waals surface area contributed by atoms with Gasteiger partial charge in [0.1, 0.15) is 12.6 Å². The number of carbonyl (C=O) groups excluding carboxylic acids is 6. The first-order valence-electron chi connectivity index (χ1n) is 9.76. The summed E-state index contributed by atoms with van der Waals surface area (Å²) in [4.78, 5) is 71.9. The van der Waals surface area contributed by atoms with Crippen LogP contribution < -0.4 is 21.7 Å². The molecule has 0 aliphatic carbocycles. The van der Waals surface area contributed by atoms with E-state index in [4.69, 9.17) is 5.73 Å². The first kappa shape index (κ1) is 24.8. The van der Waals surface area contributed by atoms with E-state index in [1.807, 2.05) is 0 Å². The standard InChI is InChI=1S/C19H29N5O6/c1-4-13(25)12(6-5-9-21-19(20)30)22-18(29)17(11(2)3)23-14(26)10-24-15(27)7-8-16(24)28/h7-8,11-12,17H,4-6,9-10H2,1-3H3,(H,22,29)(H,23,26)(H3,20,21,30)/t12-,17-/m1/s1. The van der Waals surface area contributed by atoms with Gasteiger partial charge in [-0.2, -0.15) is 0 Å². The molecule has 0 saturated carbocycles. The largest absolute Gasteiger partial charge is 0.352 e. The van der Waals surface area contributed by atoms with Crippen molar-refractivity contribution in [3.05, 3.63) is 12.2 Å². The van der Waals surface area contributed by atoms with E-state index in [2.05, 4.69) is 16.0 Å². The van der Waals surface area contributed by atoms with Crippen LogP contribution >= 0.6 is 0 Å². The van der Waals surface area contributed by atoms with E-state index in [1.165, 1.54) is 0 Å². The number of carbonyl (C=O) groups is 6. The van der Waals surface area contributed by atoms with Crippen molar-refractivity contribution >= 4 is 35.4 Å². The van der Waals surface area contributed by atoms with Crippen molar-refractivity contribution < 1.29 is 28.8 Å². The lowest BCUT2D eigenvalue weighted by Crippen LogP contribution is -2.55. The number of primary amides is 1. The highest BCUT2D eigenvalue weighted by Gasteiger charge is 2.30. The number of rotatable bonds is 12. The summed E-state index contributed by atoms with van der Waals surface area (Å²) in [6, 6.07) is -2.42. The number of amides is 6. The summed E-state index contributed by atoms with van der Waals surface area (Å²) in [5.41, 5.74) is 4.99. The first-order valence-corrected chi connectivity index (χ1v) is 9.76. The van der Waals surface area contributed by atoms with Gasteiger partial charge in [0.2, 0.25) is 11.8 Å². The second kappa shape index (κ2) is 11.7. The third-order valence-electron chi connectivity index (χ3n) is 4.49. The number of ketones is 1. The quantitative estimate of drug-likeness (QED) is 0.231. The Hall–Kier alpha value is -3.24. The highest BCUT2D eigenvalue weighted by atomic mass is 16.2. The summed E-state index contributed by atoms with van der Waals surface area (Å²) in [5.74, 6) is -2.91. The Bertz CT molecular complexity index is 715. The number of Topliss-reactive ketones (excluding diaryl/α,β-unsaturated/α-hetero) is 1. The van der Waals surface area contributed by atoms with E-state index in [1.54, 1.807) is 20.8 Å². The fraction of sp³-hybridized carbons (Fsp3) is 0.579. The molecule has 0 aromatic heterocycles. The summed E-state index contributed by atoms with van der Waals surface area (Å²) in [6.45, 7) is 4.85. The molecule has 1 aliphatic rings. The Kier molecular flexibility index (Phi) is 9.66. The SMILES string of the molecule is CCC(=O)[C@@H](CCCNC(N)=O)NC(=O)[C@H](NC(=O)CN1C(=O)C=CC1=O)C(C)C. The normalized spacial score (nSPS) is 15.1. The Morgan fingerprint density at radius 1 is 1.07 bits per heavy atom. The summed E-state index contributed by atoms with van der Waals surface area (Å²) >= 11 is 0. The van der Waals surface area contributed by atoms with Crippen molar-refractivity contribution in [3.8, 4) is 0 Å². The minimum atomic E-state index is -0.964. The predicted molar refractivity (Wildman–Crippen MR) is 107 cm³/mol. The van der Waals surface area contributed by atoms with Crippen LogP contribution in [-0.4, -0.2) is 65.5 Å². The average molecular weight is 423 g/mol. The Balaban J connectivity index is 2.71. The number of nitrogens with one attached hydrogen (secondary N) is 3. The van der Waals surface area contributed by atoms with Gasteiger partial charge in [0.05, 0.1) is 6.04 Å². The van der Waals surface area contributed by atoms with Crippen LogP contribution in [0.15, 0.2) is 12.2 Å². The number of hydrogen-bond donors (Lipinski definition) is 4. The molecule has 1 aliphatic heterocycles. The highest BCUT2D eigenvalue weighted by molar-refractivity contribution is 6.14. The zero-order valence-corrected chi connectivity index (χ0v) is 17.4. The fourth-order valence-corrected chi connectivity index (χ4v) is 2.82. The summed E-state index contributed by atoms with van der Waals surface area (Å²) in [6.07, 6.45) is 3.05. The van der Waals surface area contributed by atoms with E-state index >= 15 is 0 Å². The van der Waals surface area contributed by atoms with Crippen LogP contribution in [0.1, 0.15) is 40.0 Å². The molecule has 0 spiro atoms. The van der Waals surface area contributed by atoms with E-state index < -0.39 is 48.3 Å². The van der Waals surface area contributed by atoms with Crippen molar-refractivity contribution in [2.75, 3.05) is 13.1 Å². The second-order valence-electron chi connectivity index (χ2n) is 7.20. The molecule has 0 bridgehead atoms. The number of imide groups is 1. The van der Waals surface area contributed by atoms with E-state index in [0.29, 0.717) is 12.8 Å². The fourth-order valence-electron chi connectivity index (χ4n) is 2.82. The molecule has 0 aromatic rings. The van der Waals surface area contributed by atoms with Crippen molar-refractivity contribution in [1.82, 2.24) is 20.9 Å². The molecule has 1 rings (SSSR count). The number of hydrogen-bond acceptors (Lipinski definition) is 6. The molecule has 0 unspecified atom stereocenters. The lowest BCUT2D eigenvalue weighted by atomic mass is 10.0. The lowest BCUT2D eigenvalue weighted by Gasteiger charge is -2.25. The molecule has 2 atom stereocenters. The highest BCUT2D eigenvalue weighted by Crippen LogP contribution is 2.08. The molecule has 11 heteroatoms. The molecule has 6 amide bonds. The Morgan fingerprint density at radius 3 is 2.17 bits per heavy atom. The van der Waals surface area contributed by atoms with Gasteiger partial charge in [-0.15, -0.1) is 0 Å². The van der Waals surface area contributed by atoms with Crippen molar-refractivity contribution in [2.45, 2.75) is 52.1 Å². The third-order valence-corrected chi connectivity index (χ3v) is 4.49. The summed E-state index contributed by atoms with van der Waals surface area (Å²) in [7, 11) is 0. The molecular weight excluding hydrogens is 394 g/mol. The summed E-state index contributed by atoms with van der Waals surface area (Å²) < 4.78 is 0. The number of nitrogens with two attached hydrogens (primary N) is 1. The Labute approximate surface area is 174 Å². The van der Waals surface area contributed by atoms with Gasteiger partial charge in [0, 0.05) is 25.1 Å². The van der Waals surface area contributed by atoms with Gasteiger partial charge >= 0.3 is 6.03 Å². The van der Waals surface area contributed by atoms with Crippen LogP contribution in [0.4, 0.5) is 4.79 Å². The molecule has 0 aromatic carbocycles. The monoisotopic (exact) mass is 423 g/mol. The van der Waals surface area contributed by atoms with Gasteiger partial charge in [-0.05, 0) is 18.8 Å². The van der Waals surface area contributed by atoms with Gasteiger partial charge < -0.3 is 21.7 Å². The third kappa shape index (κ3) is 7.64. The van der Waals surface area contributed by atoms with E-state index in [-0.39, 0.29) is 24.7 Å². The molecule has 166 valence electrons.